The van der Waals surface area contributed by atoms with Crippen LogP contribution in [0.4, 0.5) is 0 Å². The largest absolute Gasteiger partial charge is 0.272 e. The Balaban J connectivity index is 2.06. The van der Waals surface area contributed by atoms with E-state index < -0.39 is 0 Å². The number of rotatable bonds is 3. The van der Waals surface area contributed by atoms with Gasteiger partial charge >= 0.3 is 0 Å². The van der Waals surface area contributed by atoms with Gasteiger partial charge in [-0.3, -0.25) is 9.67 Å². The second-order valence-corrected chi connectivity index (χ2v) is 5.68. The first kappa shape index (κ1) is 14.0. The van der Waals surface area contributed by atoms with Crippen LogP contribution in [0, 0.1) is 11.7 Å². The van der Waals surface area contributed by atoms with Crippen LogP contribution in [-0.4, -0.2) is 14.8 Å². The van der Waals surface area contributed by atoms with Gasteiger partial charge in [0, 0.05) is 17.1 Å². The summed E-state index contributed by atoms with van der Waals surface area (Å²) in [5.74, 6) is 0.846. The number of benzene rings is 2. The zero-order valence-electron chi connectivity index (χ0n) is 11.5. The van der Waals surface area contributed by atoms with Gasteiger partial charge in [-0.2, -0.15) is 5.10 Å². The molecule has 106 valence electrons. The Morgan fingerprint density at radius 1 is 1.19 bits per heavy atom. The predicted molar refractivity (Wildman–Crippen MR) is 87.7 cm³/mol. The maximum Gasteiger partial charge on any atom is 0.199 e. The predicted octanol–water partition coefficient (Wildman–Crippen LogP) is 4.48. The van der Waals surface area contributed by atoms with E-state index in [0.29, 0.717) is 11.2 Å². The molecule has 0 saturated carbocycles. The molecule has 1 heterocycles. The molecule has 3 aromatic rings. The van der Waals surface area contributed by atoms with Crippen LogP contribution >= 0.6 is 23.8 Å². The van der Waals surface area contributed by atoms with Gasteiger partial charge in [-0.1, -0.05) is 41.9 Å². The number of nitrogens with one attached hydrogen (secondary N) is 1. The minimum absolute atomic E-state index is 0.586. The summed E-state index contributed by atoms with van der Waals surface area (Å²) in [6.45, 7) is 2.06. The van der Waals surface area contributed by atoms with Crippen LogP contribution in [0.1, 0.15) is 17.0 Å². The van der Waals surface area contributed by atoms with Gasteiger partial charge in [0.1, 0.15) is 5.82 Å². The van der Waals surface area contributed by atoms with E-state index in [1.54, 1.807) is 0 Å². The molecular weight excluding hydrogens is 302 g/mol. The van der Waals surface area contributed by atoms with Gasteiger partial charge in [0.15, 0.2) is 4.77 Å². The van der Waals surface area contributed by atoms with Gasteiger partial charge in [0.2, 0.25) is 0 Å². The van der Waals surface area contributed by atoms with Crippen molar-refractivity contribution in [3.05, 3.63) is 75.3 Å². The Bertz CT molecular complexity index is 835. The van der Waals surface area contributed by atoms with Crippen molar-refractivity contribution in [1.29, 1.82) is 0 Å². The quantitative estimate of drug-likeness (QED) is 0.723. The van der Waals surface area contributed by atoms with E-state index in [2.05, 4.69) is 29.3 Å². The first-order chi connectivity index (χ1) is 10.1. The lowest BCUT2D eigenvalue weighted by molar-refractivity contribution is 0.901. The highest BCUT2D eigenvalue weighted by molar-refractivity contribution is 7.71. The maximum atomic E-state index is 6.23. The molecule has 3 rings (SSSR count). The normalized spacial score (nSPS) is 10.8. The molecule has 1 N–H and O–H groups in total. The Labute approximate surface area is 133 Å². The highest BCUT2D eigenvalue weighted by atomic mass is 35.5. The zero-order valence-corrected chi connectivity index (χ0v) is 13.1. The highest BCUT2D eigenvalue weighted by Crippen LogP contribution is 2.20. The fraction of sp³-hybridized carbons (Fsp3) is 0.125. The fourth-order valence-corrected chi connectivity index (χ4v) is 2.75. The van der Waals surface area contributed by atoms with E-state index in [-0.39, 0.29) is 0 Å². The van der Waals surface area contributed by atoms with Crippen molar-refractivity contribution in [3.8, 4) is 5.69 Å². The molecule has 0 spiro atoms. The molecule has 0 radical (unpaired) electrons. The van der Waals surface area contributed by atoms with E-state index in [1.165, 1.54) is 5.56 Å². The summed E-state index contributed by atoms with van der Waals surface area (Å²) in [4.78, 5) is 0. The molecule has 3 nitrogen and oxygen atoms in total. The molecule has 0 unspecified atom stereocenters. The Kier molecular flexibility index (Phi) is 3.90. The Hall–Kier alpha value is -1.91. The summed E-state index contributed by atoms with van der Waals surface area (Å²) >= 11 is 11.6. The molecule has 0 saturated heterocycles. The summed E-state index contributed by atoms with van der Waals surface area (Å²) in [6.07, 6.45) is 0.626. The van der Waals surface area contributed by atoms with Gasteiger partial charge < -0.3 is 0 Å². The molecular formula is C16H14ClN3S. The van der Waals surface area contributed by atoms with Crippen molar-refractivity contribution in [2.75, 3.05) is 0 Å². The summed E-state index contributed by atoms with van der Waals surface area (Å²) in [5, 5.41) is 7.95. The van der Waals surface area contributed by atoms with Crippen LogP contribution in [0.15, 0.2) is 48.5 Å². The topological polar surface area (TPSA) is 33.6 Å². The average Bonchev–Trinajstić information content (AvgIpc) is 2.82. The lowest BCUT2D eigenvalue weighted by Crippen LogP contribution is -2.03. The van der Waals surface area contributed by atoms with E-state index in [1.807, 2.05) is 41.0 Å². The SMILES string of the molecule is Cc1cccc(-n2c(Cc3ccccc3Cl)n[nH]c2=S)c1. The lowest BCUT2D eigenvalue weighted by Gasteiger charge is -2.08. The smallest absolute Gasteiger partial charge is 0.199 e. The summed E-state index contributed by atoms with van der Waals surface area (Å²) in [6, 6.07) is 16.0. The summed E-state index contributed by atoms with van der Waals surface area (Å²) in [5.41, 5.74) is 3.22. The molecule has 0 atom stereocenters. The molecule has 0 aliphatic heterocycles. The van der Waals surface area contributed by atoms with Gasteiger partial charge in [-0.15, -0.1) is 0 Å². The molecule has 0 aliphatic carbocycles. The van der Waals surface area contributed by atoms with Crippen molar-refractivity contribution >= 4 is 23.8 Å². The molecule has 0 fully saturated rings. The Morgan fingerprint density at radius 2 is 2.00 bits per heavy atom. The van der Waals surface area contributed by atoms with Crippen molar-refractivity contribution in [3.63, 3.8) is 0 Å². The monoisotopic (exact) mass is 315 g/mol. The second kappa shape index (κ2) is 5.84. The standard InChI is InChI=1S/C16H14ClN3S/c1-11-5-4-7-13(9-11)20-15(18-19-16(20)21)10-12-6-2-3-8-14(12)17/h2-9H,10H2,1H3,(H,19,21). The van der Waals surface area contributed by atoms with Crippen LogP contribution < -0.4 is 0 Å². The molecule has 1 aromatic heterocycles. The molecule has 21 heavy (non-hydrogen) atoms. The maximum absolute atomic E-state index is 6.23. The van der Waals surface area contributed by atoms with E-state index in [9.17, 15) is 0 Å². The third kappa shape index (κ3) is 2.91. The van der Waals surface area contributed by atoms with Crippen LogP contribution in [0.25, 0.3) is 5.69 Å². The lowest BCUT2D eigenvalue weighted by atomic mass is 10.1. The third-order valence-electron chi connectivity index (χ3n) is 3.31. The van der Waals surface area contributed by atoms with E-state index in [4.69, 9.17) is 23.8 Å². The van der Waals surface area contributed by atoms with Crippen molar-refractivity contribution in [1.82, 2.24) is 14.8 Å². The van der Waals surface area contributed by atoms with Crippen molar-refractivity contribution in [2.45, 2.75) is 13.3 Å². The minimum Gasteiger partial charge on any atom is -0.272 e. The molecule has 5 heteroatoms. The number of H-pyrrole nitrogens is 1. The second-order valence-electron chi connectivity index (χ2n) is 4.89. The number of hydrogen-bond acceptors (Lipinski definition) is 2. The number of aryl methyl sites for hydroxylation is 1. The number of halogens is 1. The van der Waals surface area contributed by atoms with Crippen LogP contribution in [0.2, 0.25) is 5.02 Å². The van der Waals surface area contributed by atoms with Crippen LogP contribution in [-0.2, 0) is 6.42 Å². The van der Waals surface area contributed by atoms with Crippen LogP contribution in [0.5, 0.6) is 0 Å². The van der Waals surface area contributed by atoms with E-state index >= 15 is 0 Å². The highest BCUT2D eigenvalue weighted by Gasteiger charge is 2.11. The molecule has 0 aliphatic rings. The first-order valence-electron chi connectivity index (χ1n) is 6.62. The summed E-state index contributed by atoms with van der Waals surface area (Å²) in [7, 11) is 0. The number of hydrogen-bond donors (Lipinski definition) is 1. The average molecular weight is 316 g/mol. The Morgan fingerprint density at radius 3 is 2.76 bits per heavy atom. The molecule has 2 aromatic carbocycles. The van der Waals surface area contributed by atoms with Crippen LogP contribution in [0.3, 0.4) is 0 Å². The van der Waals surface area contributed by atoms with Crippen molar-refractivity contribution < 1.29 is 0 Å². The van der Waals surface area contributed by atoms with Crippen molar-refractivity contribution in [2.24, 2.45) is 0 Å². The number of nitrogens with zero attached hydrogens (tertiary/aromatic N) is 2. The molecule has 0 bridgehead atoms. The van der Waals surface area contributed by atoms with Gasteiger partial charge in [0.25, 0.3) is 0 Å². The zero-order chi connectivity index (χ0) is 14.8. The van der Waals surface area contributed by atoms with Gasteiger partial charge in [-0.25, -0.2) is 0 Å². The minimum atomic E-state index is 0.586. The first-order valence-corrected chi connectivity index (χ1v) is 7.40. The van der Waals surface area contributed by atoms with E-state index in [0.717, 1.165) is 22.1 Å². The van der Waals surface area contributed by atoms with Gasteiger partial charge in [0.05, 0.1) is 0 Å². The summed E-state index contributed by atoms with van der Waals surface area (Å²) < 4.78 is 2.54. The number of aromatic amines is 1. The number of aromatic nitrogens is 3. The van der Waals surface area contributed by atoms with Gasteiger partial charge in [-0.05, 0) is 48.5 Å². The fourth-order valence-electron chi connectivity index (χ4n) is 2.29. The molecule has 0 amide bonds. The third-order valence-corrected chi connectivity index (χ3v) is 3.95.